The maximum Gasteiger partial charge on any atom is 0.190 e. The minimum absolute atomic E-state index is 0.116. The molecule has 1 atom stereocenters. The lowest BCUT2D eigenvalue weighted by Crippen LogP contribution is -2.29. The highest BCUT2D eigenvalue weighted by Crippen LogP contribution is 2.25. The van der Waals surface area contributed by atoms with Gasteiger partial charge in [0.2, 0.25) is 0 Å². The summed E-state index contributed by atoms with van der Waals surface area (Å²) in [4.78, 5) is 0. The summed E-state index contributed by atoms with van der Waals surface area (Å²) in [5, 5.41) is 8.32. The number of rotatable bonds is 6. The van der Waals surface area contributed by atoms with Gasteiger partial charge >= 0.3 is 0 Å². The zero-order chi connectivity index (χ0) is 10.3. The fraction of sp³-hybridized carbons (Fsp3) is 0.889. The van der Waals surface area contributed by atoms with Crippen molar-refractivity contribution in [1.29, 1.82) is 5.26 Å². The van der Waals surface area contributed by atoms with Crippen LogP contribution in [0.15, 0.2) is 0 Å². The van der Waals surface area contributed by atoms with Gasteiger partial charge in [0.25, 0.3) is 0 Å². The van der Waals surface area contributed by atoms with E-state index in [2.05, 4.69) is 38.4 Å². The summed E-state index contributed by atoms with van der Waals surface area (Å²) >= 11 is 0. The molecule has 0 aromatic heterocycles. The van der Waals surface area contributed by atoms with Crippen molar-refractivity contribution in [3.63, 3.8) is 0 Å². The molecule has 0 aliphatic rings. The summed E-state index contributed by atoms with van der Waals surface area (Å²) < 4.78 is 7.78. The van der Waals surface area contributed by atoms with Crippen LogP contribution in [0.2, 0.25) is 0 Å². The molecular formula is C9H20N2OP+. The van der Waals surface area contributed by atoms with E-state index in [9.17, 15) is 0 Å². The van der Waals surface area contributed by atoms with Crippen LogP contribution in [-0.2, 0) is 4.52 Å². The molecular weight excluding hydrogens is 183 g/mol. The maximum atomic E-state index is 8.32. The van der Waals surface area contributed by atoms with Gasteiger partial charge in [0.15, 0.2) is 8.96 Å². The second-order valence-corrected chi connectivity index (χ2v) is 4.66. The lowest BCUT2D eigenvalue weighted by atomic mass is 10.3. The standard InChI is InChI=1S/C9H19N2OP/c1-8(2)11(9(3)4)13-12-7-5-6-10/h8-9,13H,5,7H2,1-4H3/p+1. The van der Waals surface area contributed by atoms with Crippen molar-refractivity contribution in [1.82, 2.24) is 4.67 Å². The minimum atomic E-state index is -0.116. The molecule has 0 aliphatic carbocycles. The van der Waals surface area contributed by atoms with E-state index in [1.165, 1.54) is 0 Å². The van der Waals surface area contributed by atoms with Crippen molar-refractivity contribution in [2.24, 2.45) is 0 Å². The van der Waals surface area contributed by atoms with Gasteiger partial charge in [-0.3, -0.25) is 0 Å². The molecule has 0 spiro atoms. The predicted octanol–water partition coefficient (Wildman–Crippen LogP) is 2.28. The van der Waals surface area contributed by atoms with Crippen LogP contribution < -0.4 is 0 Å². The third-order valence-corrected chi connectivity index (χ3v) is 3.54. The van der Waals surface area contributed by atoms with Crippen molar-refractivity contribution in [2.45, 2.75) is 46.2 Å². The third kappa shape index (κ3) is 5.99. The molecule has 0 saturated carbocycles. The van der Waals surface area contributed by atoms with Crippen LogP contribution in [0.1, 0.15) is 34.1 Å². The molecule has 0 aliphatic heterocycles. The van der Waals surface area contributed by atoms with Gasteiger partial charge in [0, 0.05) is 12.1 Å². The summed E-state index contributed by atoms with van der Waals surface area (Å²) in [7, 11) is -0.116. The average molecular weight is 203 g/mol. The Balaban J connectivity index is 3.65. The van der Waals surface area contributed by atoms with Crippen LogP contribution in [0.4, 0.5) is 0 Å². The number of nitriles is 1. The molecule has 0 saturated heterocycles. The lowest BCUT2D eigenvalue weighted by molar-refractivity contribution is 0.270. The zero-order valence-corrected chi connectivity index (χ0v) is 10.1. The highest BCUT2D eigenvalue weighted by atomic mass is 31.1. The Bertz CT molecular complexity index is 157. The van der Waals surface area contributed by atoms with Crippen molar-refractivity contribution < 1.29 is 4.52 Å². The smallest absolute Gasteiger partial charge is 0.190 e. The van der Waals surface area contributed by atoms with Crippen molar-refractivity contribution in [3.05, 3.63) is 0 Å². The van der Waals surface area contributed by atoms with E-state index < -0.39 is 0 Å². The van der Waals surface area contributed by atoms with Crippen LogP contribution in [0.3, 0.4) is 0 Å². The van der Waals surface area contributed by atoms with Crippen LogP contribution in [0, 0.1) is 11.3 Å². The van der Waals surface area contributed by atoms with Gasteiger partial charge in [0.05, 0.1) is 12.5 Å². The predicted molar refractivity (Wildman–Crippen MR) is 58.0 cm³/mol. The first-order chi connectivity index (χ1) is 6.09. The number of nitrogens with zero attached hydrogens (tertiary/aromatic N) is 2. The summed E-state index contributed by atoms with van der Waals surface area (Å²) in [6.07, 6.45) is 0.497. The zero-order valence-electron chi connectivity index (χ0n) is 8.95. The van der Waals surface area contributed by atoms with Gasteiger partial charge in [-0.25, -0.2) is 4.52 Å². The average Bonchev–Trinajstić information content (AvgIpc) is 2.02. The van der Waals surface area contributed by atoms with E-state index in [0.717, 1.165) is 0 Å². The van der Waals surface area contributed by atoms with Crippen LogP contribution in [0.25, 0.3) is 0 Å². The summed E-state index contributed by atoms with van der Waals surface area (Å²) in [6.45, 7) is 9.24. The van der Waals surface area contributed by atoms with Crippen LogP contribution >= 0.6 is 8.96 Å². The Morgan fingerprint density at radius 1 is 1.31 bits per heavy atom. The van der Waals surface area contributed by atoms with Gasteiger partial charge in [-0.05, 0) is 27.7 Å². The fourth-order valence-corrected chi connectivity index (χ4v) is 1.97. The second-order valence-electron chi connectivity index (χ2n) is 3.52. The van der Waals surface area contributed by atoms with E-state index in [4.69, 9.17) is 9.79 Å². The van der Waals surface area contributed by atoms with Gasteiger partial charge in [0.1, 0.15) is 6.61 Å². The van der Waals surface area contributed by atoms with Crippen LogP contribution in [0.5, 0.6) is 0 Å². The molecule has 0 amide bonds. The Morgan fingerprint density at radius 3 is 2.23 bits per heavy atom. The van der Waals surface area contributed by atoms with E-state index in [-0.39, 0.29) is 8.96 Å². The summed E-state index contributed by atoms with van der Waals surface area (Å²) in [5.41, 5.74) is 0. The quantitative estimate of drug-likeness (QED) is 0.491. The largest absolute Gasteiger partial charge is 0.223 e. The maximum absolute atomic E-state index is 8.32. The van der Waals surface area contributed by atoms with E-state index in [1.807, 2.05) is 0 Å². The highest BCUT2D eigenvalue weighted by Gasteiger charge is 2.18. The molecule has 4 heteroatoms. The lowest BCUT2D eigenvalue weighted by Gasteiger charge is -2.22. The third-order valence-electron chi connectivity index (χ3n) is 1.72. The van der Waals surface area contributed by atoms with E-state index in [0.29, 0.717) is 25.1 Å². The van der Waals surface area contributed by atoms with Gasteiger partial charge in [-0.2, -0.15) is 9.93 Å². The molecule has 0 N–H and O–H groups in total. The molecule has 0 fully saturated rings. The molecule has 0 rings (SSSR count). The minimum Gasteiger partial charge on any atom is -0.223 e. The molecule has 0 heterocycles. The Kier molecular flexibility index (Phi) is 7.17. The summed E-state index contributed by atoms with van der Waals surface area (Å²) in [5.74, 6) is 0. The normalized spacial score (nSPS) is 12.2. The summed E-state index contributed by atoms with van der Waals surface area (Å²) in [6, 6.07) is 3.12. The first-order valence-corrected chi connectivity index (χ1v) is 5.67. The van der Waals surface area contributed by atoms with E-state index in [1.54, 1.807) is 0 Å². The molecule has 1 unspecified atom stereocenters. The Morgan fingerprint density at radius 2 is 1.85 bits per heavy atom. The van der Waals surface area contributed by atoms with Gasteiger partial charge < -0.3 is 0 Å². The Labute approximate surface area is 83.0 Å². The van der Waals surface area contributed by atoms with E-state index >= 15 is 0 Å². The van der Waals surface area contributed by atoms with Gasteiger partial charge in [-0.1, -0.05) is 0 Å². The van der Waals surface area contributed by atoms with Gasteiger partial charge in [-0.15, -0.1) is 0 Å². The molecule has 0 aromatic rings. The molecule has 13 heavy (non-hydrogen) atoms. The molecule has 0 bridgehead atoms. The SMILES string of the molecule is CC(C)N([PH2+]OCCC#N)C(C)C. The molecule has 0 radical (unpaired) electrons. The number of hydrogen-bond donors (Lipinski definition) is 0. The number of hydrogen-bond acceptors (Lipinski definition) is 3. The first-order valence-electron chi connectivity index (χ1n) is 4.69. The van der Waals surface area contributed by atoms with Crippen molar-refractivity contribution >= 4 is 8.96 Å². The second kappa shape index (κ2) is 7.26. The van der Waals surface area contributed by atoms with Crippen molar-refractivity contribution in [2.75, 3.05) is 6.61 Å². The molecule has 3 nitrogen and oxygen atoms in total. The highest BCUT2D eigenvalue weighted by molar-refractivity contribution is 7.29. The van der Waals surface area contributed by atoms with Crippen molar-refractivity contribution in [3.8, 4) is 6.07 Å². The Hall–Kier alpha value is -0.160. The first kappa shape index (κ1) is 12.8. The fourth-order valence-electron chi connectivity index (χ4n) is 1.08. The monoisotopic (exact) mass is 203 g/mol. The molecule has 0 aromatic carbocycles. The van der Waals surface area contributed by atoms with Crippen LogP contribution in [-0.4, -0.2) is 23.4 Å². The molecule has 76 valence electrons. The topological polar surface area (TPSA) is 36.3 Å².